The van der Waals surface area contributed by atoms with Gasteiger partial charge in [0.15, 0.2) is 0 Å². The van der Waals surface area contributed by atoms with E-state index in [2.05, 4.69) is 31.3 Å². The third-order valence-electron chi connectivity index (χ3n) is 4.93. The SMILES string of the molecule is CC(C)[C@@H](CNC(=O)[C@@H]1CCCN(C(N)=O)C1)Cc1ccccc1. The molecule has 0 unspecified atom stereocenters. The first kappa shape index (κ1) is 18.3. The molecule has 2 rings (SSSR count). The Balaban J connectivity index is 1.87. The summed E-state index contributed by atoms with van der Waals surface area (Å²) in [5, 5.41) is 3.10. The van der Waals surface area contributed by atoms with E-state index in [1.165, 1.54) is 5.56 Å². The number of piperidine rings is 1. The highest BCUT2D eigenvalue weighted by atomic mass is 16.2. The fourth-order valence-corrected chi connectivity index (χ4v) is 3.23. The molecule has 1 aromatic carbocycles. The number of amides is 3. The van der Waals surface area contributed by atoms with Crippen LogP contribution in [0.1, 0.15) is 32.3 Å². The highest BCUT2D eigenvalue weighted by molar-refractivity contribution is 5.80. The average Bonchev–Trinajstić information content (AvgIpc) is 2.59. The Morgan fingerprint density at radius 3 is 2.62 bits per heavy atom. The number of nitrogens with two attached hydrogens (primary N) is 1. The van der Waals surface area contributed by atoms with Gasteiger partial charge in [0.1, 0.15) is 0 Å². The summed E-state index contributed by atoms with van der Waals surface area (Å²) in [7, 11) is 0. The monoisotopic (exact) mass is 331 g/mol. The predicted octanol–water partition coefficient (Wildman–Crippen LogP) is 2.41. The van der Waals surface area contributed by atoms with Crippen molar-refractivity contribution in [3.63, 3.8) is 0 Å². The lowest BCUT2D eigenvalue weighted by atomic mass is 9.88. The van der Waals surface area contributed by atoms with Crippen molar-refractivity contribution in [2.45, 2.75) is 33.1 Å². The summed E-state index contributed by atoms with van der Waals surface area (Å²) in [5.41, 5.74) is 6.63. The lowest BCUT2D eigenvalue weighted by Crippen LogP contribution is -2.48. The second kappa shape index (κ2) is 8.71. The molecule has 5 heteroatoms. The quantitative estimate of drug-likeness (QED) is 0.840. The molecule has 132 valence electrons. The molecule has 0 spiro atoms. The van der Waals surface area contributed by atoms with E-state index >= 15 is 0 Å². The third-order valence-corrected chi connectivity index (χ3v) is 4.93. The number of rotatable bonds is 6. The molecule has 1 aliphatic rings. The van der Waals surface area contributed by atoms with Crippen molar-refractivity contribution in [1.29, 1.82) is 0 Å². The topological polar surface area (TPSA) is 75.4 Å². The highest BCUT2D eigenvalue weighted by Crippen LogP contribution is 2.19. The molecule has 3 amide bonds. The van der Waals surface area contributed by atoms with Gasteiger partial charge in [-0.15, -0.1) is 0 Å². The summed E-state index contributed by atoms with van der Waals surface area (Å²) in [6.45, 7) is 6.14. The van der Waals surface area contributed by atoms with Gasteiger partial charge < -0.3 is 16.0 Å². The van der Waals surface area contributed by atoms with E-state index in [-0.39, 0.29) is 11.8 Å². The van der Waals surface area contributed by atoms with Crippen molar-refractivity contribution in [2.75, 3.05) is 19.6 Å². The van der Waals surface area contributed by atoms with Gasteiger partial charge in [0.2, 0.25) is 5.91 Å². The van der Waals surface area contributed by atoms with Crippen LogP contribution in [0.25, 0.3) is 0 Å². The number of nitrogens with one attached hydrogen (secondary N) is 1. The van der Waals surface area contributed by atoms with Crippen LogP contribution in [0.2, 0.25) is 0 Å². The van der Waals surface area contributed by atoms with E-state index in [9.17, 15) is 9.59 Å². The Hall–Kier alpha value is -2.04. The summed E-state index contributed by atoms with van der Waals surface area (Å²) in [6.07, 6.45) is 2.61. The molecule has 1 aliphatic heterocycles. The minimum atomic E-state index is -0.434. The average molecular weight is 331 g/mol. The minimum Gasteiger partial charge on any atom is -0.356 e. The number of hydrogen-bond acceptors (Lipinski definition) is 2. The van der Waals surface area contributed by atoms with Gasteiger partial charge in [0, 0.05) is 19.6 Å². The van der Waals surface area contributed by atoms with Crippen LogP contribution in [0.5, 0.6) is 0 Å². The molecule has 24 heavy (non-hydrogen) atoms. The van der Waals surface area contributed by atoms with E-state index in [1.807, 2.05) is 18.2 Å². The number of urea groups is 1. The zero-order chi connectivity index (χ0) is 17.5. The standard InChI is InChI=1S/C19H29N3O2/c1-14(2)17(11-15-7-4-3-5-8-15)12-21-18(23)16-9-6-10-22(13-16)19(20)24/h3-5,7-8,14,16-17H,6,9-13H2,1-2H3,(H2,20,24)(H,21,23)/t16-,17-/m1/s1. The summed E-state index contributed by atoms with van der Waals surface area (Å²) in [6, 6.07) is 9.93. The van der Waals surface area contributed by atoms with Crippen LogP contribution in [0, 0.1) is 17.8 Å². The number of carbonyl (C=O) groups is 2. The summed E-state index contributed by atoms with van der Waals surface area (Å²) < 4.78 is 0. The van der Waals surface area contributed by atoms with Crippen LogP contribution >= 0.6 is 0 Å². The second-order valence-corrected chi connectivity index (χ2v) is 7.06. The molecule has 0 bridgehead atoms. The molecule has 3 N–H and O–H groups in total. The third kappa shape index (κ3) is 5.25. The number of carbonyl (C=O) groups excluding carboxylic acids is 2. The van der Waals surface area contributed by atoms with Crippen molar-refractivity contribution < 1.29 is 9.59 Å². The Labute approximate surface area is 144 Å². The van der Waals surface area contributed by atoms with Crippen molar-refractivity contribution in [1.82, 2.24) is 10.2 Å². The van der Waals surface area contributed by atoms with Gasteiger partial charge in [0.25, 0.3) is 0 Å². The van der Waals surface area contributed by atoms with Crippen LogP contribution in [0.15, 0.2) is 30.3 Å². The summed E-state index contributed by atoms with van der Waals surface area (Å²) in [5.74, 6) is 0.779. The van der Waals surface area contributed by atoms with Crippen LogP contribution in [0.4, 0.5) is 4.79 Å². The lowest BCUT2D eigenvalue weighted by molar-refractivity contribution is -0.126. The molecule has 0 radical (unpaired) electrons. The fourth-order valence-electron chi connectivity index (χ4n) is 3.23. The minimum absolute atomic E-state index is 0.0414. The van der Waals surface area contributed by atoms with Gasteiger partial charge in [-0.3, -0.25) is 4.79 Å². The van der Waals surface area contributed by atoms with Crippen LogP contribution in [0.3, 0.4) is 0 Å². The zero-order valence-electron chi connectivity index (χ0n) is 14.7. The maximum atomic E-state index is 12.5. The maximum Gasteiger partial charge on any atom is 0.314 e. The first-order valence-electron chi connectivity index (χ1n) is 8.83. The van der Waals surface area contributed by atoms with Gasteiger partial charge in [-0.05, 0) is 36.7 Å². The van der Waals surface area contributed by atoms with Crippen LogP contribution in [-0.2, 0) is 11.2 Å². The molecule has 0 aromatic heterocycles. The van der Waals surface area contributed by atoms with Gasteiger partial charge in [-0.2, -0.15) is 0 Å². The van der Waals surface area contributed by atoms with Gasteiger partial charge in [-0.1, -0.05) is 44.2 Å². The molecule has 5 nitrogen and oxygen atoms in total. The number of likely N-dealkylation sites (tertiary alicyclic amines) is 1. The normalized spacial score (nSPS) is 19.1. The predicted molar refractivity (Wildman–Crippen MR) is 95.4 cm³/mol. The van der Waals surface area contributed by atoms with E-state index in [1.54, 1.807) is 4.90 Å². The number of nitrogens with zero attached hydrogens (tertiary/aromatic N) is 1. The molecular weight excluding hydrogens is 302 g/mol. The van der Waals surface area contributed by atoms with Crippen LogP contribution in [-0.4, -0.2) is 36.5 Å². The Bertz CT molecular complexity index is 545. The Morgan fingerprint density at radius 2 is 2.00 bits per heavy atom. The molecule has 0 saturated carbocycles. The second-order valence-electron chi connectivity index (χ2n) is 7.06. The Morgan fingerprint density at radius 1 is 1.29 bits per heavy atom. The fraction of sp³-hybridized carbons (Fsp3) is 0.579. The number of benzene rings is 1. The smallest absolute Gasteiger partial charge is 0.314 e. The maximum absolute atomic E-state index is 12.5. The lowest BCUT2D eigenvalue weighted by Gasteiger charge is -2.31. The van der Waals surface area contributed by atoms with Crippen molar-refractivity contribution in [2.24, 2.45) is 23.5 Å². The van der Waals surface area contributed by atoms with Crippen molar-refractivity contribution in [3.8, 4) is 0 Å². The van der Waals surface area contributed by atoms with E-state index in [4.69, 9.17) is 5.73 Å². The first-order chi connectivity index (χ1) is 11.5. The van der Waals surface area contributed by atoms with E-state index in [0.717, 1.165) is 19.3 Å². The molecule has 1 heterocycles. The zero-order valence-corrected chi connectivity index (χ0v) is 14.7. The molecule has 1 fully saturated rings. The largest absolute Gasteiger partial charge is 0.356 e. The summed E-state index contributed by atoms with van der Waals surface area (Å²) >= 11 is 0. The molecule has 1 saturated heterocycles. The Kier molecular flexibility index (Phi) is 6.64. The molecule has 1 aromatic rings. The molecular formula is C19H29N3O2. The number of primary amides is 1. The summed E-state index contributed by atoms with van der Waals surface area (Å²) in [4.78, 5) is 25.3. The van der Waals surface area contributed by atoms with Gasteiger partial charge >= 0.3 is 6.03 Å². The number of hydrogen-bond donors (Lipinski definition) is 2. The highest BCUT2D eigenvalue weighted by Gasteiger charge is 2.28. The molecule has 2 atom stereocenters. The van der Waals surface area contributed by atoms with Crippen molar-refractivity contribution >= 4 is 11.9 Å². The van der Waals surface area contributed by atoms with Gasteiger partial charge in [-0.25, -0.2) is 4.79 Å². The molecule has 0 aliphatic carbocycles. The first-order valence-corrected chi connectivity index (χ1v) is 8.83. The van der Waals surface area contributed by atoms with Crippen molar-refractivity contribution in [3.05, 3.63) is 35.9 Å². The van der Waals surface area contributed by atoms with E-state index in [0.29, 0.717) is 31.5 Å². The van der Waals surface area contributed by atoms with E-state index < -0.39 is 6.03 Å². The van der Waals surface area contributed by atoms with Gasteiger partial charge in [0.05, 0.1) is 5.92 Å². The van der Waals surface area contributed by atoms with Crippen LogP contribution < -0.4 is 11.1 Å².